The Kier molecular flexibility index (Phi) is 3.89. The summed E-state index contributed by atoms with van der Waals surface area (Å²) in [5.74, 6) is 0.127. The van der Waals surface area contributed by atoms with E-state index >= 15 is 0 Å². The van der Waals surface area contributed by atoms with Crippen molar-refractivity contribution in [1.29, 1.82) is 0 Å². The van der Waals surface area contributed by atoms with Gasteiger partial charge in [-0.25, -0.2) is 0 Å². The SMILES string of the molecule is Cc1ccc(Sc2ccc(/C(N)=N/O)cc2)cc1. The fourth-order valence-electron chi connectivity index (χ4n) is 1.49. The Hall–Kier alpha value is -1.94. The average molecular weight is 258 g/mol. The third-order valence-corrected chi connectivity index (χ3v) is 3.53. The summed E-state index contributed by atoms with van der Waals surface area (Å²) in [5, 5.41) is 11.5. The Balaban J connectivity index is 2.13. The first-order chi connectivity index (χ1) is 8.69. The summed E-state index contributed by atoms with van der Waals surface area (Å²) < 4.78 is 0. The number of nitrogens with zero attached hydrogens (tertiary/aromatic N) is 1. The summed E-state index contributed by atoms with van der Waals surface area (Å²) in [5.41, 5.74) is 7.47. The van der Waals surface area contributed by atoms with Crippen LogP contribution in [-0.2, 0) is 0 Å². The van der Waals surface area contributed by atoms with Crippen LogP contribution in [-0.4, -0.2) is 11.0 Å². The first kappa shape index (κ1) is 12.5. The van der Waals surface area contributed by atoms with Crippen molar-refractivity contribution < 1.29 is 5.21 Å². The highest BCUT2D eigenvalue weighted by atomic mass is 32.2. The Morgan fingerprint density at radius 1 is 1.00 bits per heavy atom. The van der Waals surface area contributed by atoms with Crippen molar-refractivity contribution in [1.82, 2.24) is 0 Å². The molecule has 3 nitrogen and oxygen atoms in total. The molecule has 2 aromatic rings. The molecule has 0 atom stereocenters. The summed E-state index contributed by atoms with van der Waals surface area (Å²) in [6.07, 6.45) is 0. The number of hydrogen-bond acceptors (Lipinski definition) is 3. The van der Waals surface area contributed by atoms with Gasteiger partial charge < -0.3 is 10.9 Å². The van der Waals surface area contributed by atoms with E-state index in [2.05, 4.69) is 36.3 Å². The van der Waals surface area contributed by atoms with Gasteiger partial charge in [-0.15, -0.1) is 0 Å². The number of nitrogens with two attached hydrogens (primary N) is 1. The summed E-state index contributed by atoms with van der Waals surface area (Å²) in [4.78, 5) is 2.31. The molecule has 4 heteroatoms. The zero-order valence-corrected chi connectivity index (χ0v) is 10.8. The molecule has 0 aliphatic rings. The Morgan fingerprint density at radius 3 is 2.00 bits per heavy atom. The number of aryl methyl sites for hydroxylation is 1. The number of amidine groups is 1. The van der Waals surface area contributed by atoms with Crippen molar-refractivity contribution in [3.8, 4) is 0 Å². The second kappa shape index (κ2) is 5.60. The van der Waals surface area contributed by atoms with E-state index in [4.69, 9.17) is 10.9 Å². The maximum atomic E-state index is 8.58. The molecule has 2 rings (SSSR count). The molecular formula is C14H14N2OS. The van der Waals surface area contributed by atoms with Gasteiger partial charge in [0.2, 0.25) is 0 Å². The van der Waals surface area contributed by atoms with E-state index < -0.39 is 0 Å². The quantitative estimate of drug-likeness (QED) is 0.384. The van der Waals surface area contributed by atoms with Gasteiger partial charge in [0.15, 0.2) is 5.84 Å². The lowest BCUT2D eigenvalue weighted by atomic mass is 10.2. The van der Waals surface area contributed by atoms with Crippen LogP contribution < -0.4 is 5.73 Å². The molecule has 0 unspecified atom stereocenters. The van der Waals surface area contributed by atoms with Gasteiger partial charge in [0.1, 0.15) is 0 Å². The van der Waals surface area contributed by atoms with E-state index in [0.29, 0.717) is 5.56 Å². The van der Waals surface area contributed by atoms with Crippen LogP contribution >= 0.6 is 11.8 Å². The second-order valence-corrected chi connectivity index (χ2v) is 5.07. The molecule has 0 heterocycles. The summed E-state index contributed by atoms with van der Waals surface area (Å²) >= 11 is 1.68. The van der Waals surface area contributed by atoms with Crippen LogP contribution in [0.1, 0.15) is 11.1 Å². The molecule has 18 heavy (non-hydrogen) atoms. The minimum absolute atomic E-state index is 0.127. The van der Waals surface area contributed by atoms with Crippen LogP contribution in [0.2, 0.25) is 0 Å². The van der Waals surface area contributed by atoms with E-state index in [0.717, 1.165) is 4.90 Å². The van der Waals surface area contributed by atoms with Gasteiger partial charge in [0.05, 0.1) is 0 Å². The highest BCUT2D eigenvalue weighted by molar-refractivity contribution is 7.99. The molecule has 0 radical (unpaired) electrons. The van der Waals surface area contributed by atoms with Crippen LogP contribution in [0.25, 0.3) is 0 Å². The van der Waals surface area contributed by atoms with Crippen LogP contribution in [0, 0.1) is 6.92 Å². The van der Waals surface area contributed by atoms with Crippen molar-refractivity contribution >= 4 is 17.6 Å². The van der Waals surface area contributed by atoms with Crippen molar-refractivity contribution in [3.05, 3.63) is 59.7 Å². The van der Waals surface area contributed by atoms with Crippen molar-refractivity contribution in [2.24, 2.45) is 10.9 Å². The van der Waals surface area contributed by atoms with Gasteiger partial charge in [-0.3, -0.25) is 0 Å². The third kappa shape index (κ3) is 3.05. The van der Waals surface area contributed by atoms with Crippen LogP contribution in [0.5, 0.6) is 0 Å². The summed E-state index contributed by atoms with van der Waals surface area (Å²) in [6, 6.07) is 16.0. The summed E-state index contributed by atoms with van der Waals surface area (Å²) in [7, 11) is 0. The molecule has 0 aromatic heterocycles. The predicted molar refractivity (Wildman–Crippen MR) is 74.3 cm³/mol. The normalized spacial score (nSPS) is 11.5. The van der Waals surface area contributed by atoms with Gasteiger partial charge >= 0.3 is 0 Å². The molecule has 0 spiro atoms. The van der Waals surface area contributed by atoms with Gasteiger partial charge in [-0.2, -0.15) is 0 Å². The zero-order valence-electron chi connectivity index (χ0n) is 10.00. The molecule has 0 saturated carbocycles. The van der Waals surface area contributed by atoms with E-state index in [1.165, 1.54) is 10.5 Å². The van der Waals surface area contributed by atoms with Gasteiger partial charge in [-0.05, 0) is 31.2 Å². The number of rotatable bonds is 3. The monoisotopic (exact) mass is 258 g/mol. The van der Waals surface area contributed by atoms with E-state index in [1.54, 1.807) is 11.8 Å². The first-order valence-corrected chi connectivity index (χ1v) is 6.33. The fourth-order valence-corrected chi connectivity index (χ4v) is 2.31. The van der Waals surface area contributed by atoms with Gasteiger partial charge in [0, 0.05) is 15.4 Å². The third-order valence-electron chi connectivity index (χ3n) is 2.51. The Morgan fingerprint density at radius 2 is 1.50 bits per heavy atom. The highest BCUT2D eigenvalue weighted by Gasteiger charge is 2.00. The molecular weight excluding hydrogens is 244 g/mol. The molecule has 0 bridgehead atoms. The lowest BCUT2D eigenvalue weighted by Crippen LogP contribution is -2.12. The Labute approximate surface area is 110 Å². The topological polar surface area (TPSA) is 58.6 Å². The van der Waals surface area contributed by atoms with Crippen molar-refractivity contribution in [3.63, 3.8) is 0 Å². The van der Waals surface area contributed by atoms with Gasteiger partial charge in [-0.1, -0.05) is 46.7 Å². The number of hydrogen-bond donors (Lipinski definition) is 2. The molecule has 0 aliphatic carbocycles. The molecule has 3 N–H and O–H groups in total. The maximum absolute atomic E-state index is 8.58. The number of benzene rings is 2. The largest absolute Gasteiger partial charge is 0.409 e. The van der Waals surface area contributed by atoms with E-state index in [1.807, 2.05) is 24.3 Å². The predicted octanol–water partition coefficient (Wildman–Crippen LogP) is 3.24. The minimum atomic E-state index is 0.127. The smallest absolute Gasteiger partial charge is 0.170 e. The summed E-state index contributed by atoms with van der Waals surface area (Å²) in [6.45, 7) is 2.07. The fraction of sp³-hybridized carbons (Fsp3) is 0.0714. The zero-order chi connectivity index (χ0) is 13.0. The maximum Gasteiger partial charge on any atom is 0.170 e. The molecule has 0 saturated heterocycles. The minimum Gasteiger partial charge on any atom is -0.409 e. The highest BCUT2D eigenvalue weighted by Crippen LogP contribution is 2.27. The molecule has 0 amide bonds. The van der Waals surface area contributed by atoms with Gasteiger partial charge in [0.25, 0.3) is 0 Å². The standard InChI is InChI=1S/C14H14N2OS/c1-10-2-6-12(7-3-10)18-13-8-4-11(5-9-13)14(15)16-17/h2-9,17H,1H3,(H2,15,16). The molecule has 0 aliphatic heterocycles. The van der Waals surface area contributed by atoms with Crippen LogP contribution in [0.15, 0.2) is 63.5 Å². The lowest BCUT2D eigenvalue weighted by Gasteiger charge is -2.03. The van der Waals surface area contributed by atoms with Crippen molar-refractivity contribution in [2.75, 3.05) is 0 Å². The van der Waals surface area contributed by atoms with E-state index in [9.17, 15) is 0 Å². The molecule has 2 aromatic carbocycles. The lowest BCUT2D eigenvalue weighted by molar-refractivity contribution is 0.318. The van der Waals surface area contributed by atoms with E-state index in [-0.39, 0.29) is 5.84 Å². The molecule has 92 valence electrons. The first-order valence-electron chi connectivity index (χ1n) is 5.51. The molecule has 0 fully saturated rings. The second-order valence-electron chi connectivity index (χ2n) is 3.92. The average Bonchev–Trinajstić information content (AvgIpc) is 2.41. The van der Waals surface area contributed by atoms with Crippen LogP contribution in [0.4, 0.5) is 0 Å². The Bertz CT molecular complexity index is 547. The van der Waals surface area contributed by atoms with Crippen LogP contribution in [0.3, 0.4) is 0 Å². The van der Waals surface area contributed by atoms with Crippen molar-refractivity contribution in [2.45, 2.75) is 16.7 Å². The number of oxime groups is 1.